The van der Waals surface area contributed by atoms with E-state index in [0.717, 1.165) is 18.5 Å². The van der Waals surface area contributed by atoms with E-state index in [1.165, 1.54) is 0 Å². The Morgan fingerprint density at radius 1 is 1.40 bits per heavy atom. The van der Waals surface area contributed by atoms with Crippen molar-refractivity contribution in [1.82, 2.24) is 5.32 Å². The van der Waals surface area contributed by atoms with E-state index in [1.807, 2.05) is 6.07 Å². The molecule has 1 aromatic carbocycles. The van der Waals surface area contributed by atoms with Gasteiger partial charge >= 0.3 is 5.97 Å². The van der Waals surface area contributed by atoms with Crippen molar-refractivity contribution in [3.8, 4) is 5.75 Å². The molecule has 0 saturated heterocycles. The molecule has 0 aliphatic rings. The molecule has 0 radical (unpaired) electrons. The van der Waals surface area contributed by atoms with Crippen molar-refractivity contribution in [2.45, 2.75) is 39.8 Å². The van der Waals surface area contributed by atoms with Gasteiger partial charge in [-0.2, -0.15) is 0 Å². The normalized spacial score (nSPS) is 10.7. The third-order valence-electron chi connectivity index (χ3n) is 2.48. The first-order valence-corrected chi connectivity index (χ1v) is 7.22. The molecule has 0 bridgehead atoms. The summed E-state index contributed by atoms with van der Waals surface area (Å²) < 4.78 is 10.5. The molecule has 0 saturated carbocycles. The largest absolute Gasteiger partial charge is 0.482 e. The van der Waals surface area contributed by atoms with Crippen LogP contribution in [0.2, 0.25) is 5.02 Å². The first-order chi connectivity index (χ1) is 9.52. The second kappa shape index (κ2) is 8.82. The average Bonchev–Trinajstić information content (AvgIpc) is 2.37. The number of carbonyl (C=O) groups is 1. The van der Waals surface area contributed by atoms with Gasteiger partial charge in [0, 0.05) is 17.1 Å². The fourth-order valence-electron chi connectivity index (χ4n) is 1.66. The Morgan fingerprint density at radius 2 is 2.15 bits per heavy atom. The second-order valence-electron chi connectivity index (χ2n) is 4.76. The number of benzene rings is 1. The molecular formula is C15H22ClNO3. The van der Waals surface area contributed by atoms with E-state index < -0.39 is 0 Å². The summed E-state index contributed by atoms with van der Waals surface area (Å²) in [4.78, 5) is 11.5. The number of hydrogen-bond donors (Lipinski definition) is 1. The highest BCUT2D eigenvalue weighted by molar-refractivity contribution is 6.30. The zero-order valence-electron chi connectivity index (χ0n) is 12.2. The summed E-state index contributed by atoms with van der Waals surface area (Å²) in [6, 6.07) is 5.36. The lowest BCUT2D eigenvalue weighted by atomic mass is 10.2. The van der Waals surface area contributed by atoms with Gasteiger partial charge in [0.1, 0.15) is 5.75 Å². The van der Waals surface area contributed by atoms with Gasteiger partial charge in [0.25, 0.3) is 0 Å². The van der Waals surface area contributed by atoms with E-state index in [4.69, 9.17) is 21.1 Å². The maximum Gasteiger partial charge on any atom is 0.344 e. The van der Waals surface area contributed by atoms with E-state index in [1.54, 1.807) is 26.0 Å². The molecule has 0 spiro atoms. The van der Waals surface area contributed by atoms with Gasteiger partial charge in [-0.1, -0.05) is 18.5 Å². The van der Waals surface area contributed by atoms with E-state index in [2.05, 4.69) is 12.2 Å². The molecule has 5 heteroatoms. The summed E-state index contributed by atoms with van der Waals surface area (Å²) in [5, 5.41) is 3.93. The van der Waals surface area contributed by atoms with E-state index >= 15 is 0 Å². The molecule has 4 nitrogen and oxygen atoms in total. The van der Waals surface area contributed by atoms with Crippen molar-refractivity contribution >= 4 is 17.6 Å². The maximum atomic E-state index is 11.5. The molecule has 0 fully saturated rings. The van der Waals surface area contributed by atoms with Gasteiger partial charge in [-0.15, -0.1) is 0 Å². The quantitative estimate of drug-likeness (QED) is 0.592. The number of ether oxygens (including phenoxy) is 2. The van der Waals surface area contributed by atoms with Gasteiger partial charge in [0.2, 0.25) is 0 Å². The molecule has 0 aliphatic carbocycles. The number of rotatable bonds is 8. The van der Waals surface area contributed by atoms with Crippen molar-refractivity contribution in [2.24, 2.45) is 0 Å². The smallest absolute Gasteiger partial charge is 0.344 e. The molecule has 0 amide bonds. The molecule has 1 N–H and O–H groups in total. The predicted molar refractivity (Wildman–Crippen MR) is 80.2 cm³/mol. The minimum Gasteiger partial charge on any atom is -0.482 e. The third-order valence-corrected chi connectivity index (χ3v) is 2.71. The summed E-state index contributed by atoms with van der Waals surface area (Å²) in [6.45, 7) is 7.19. The lowest BCUT2D eigenvalue weighted by molar-refractivity contribution is -0.149. The van der Waals surface area contributed by atoms with Crippen LogP contribution in [-0.2, 0) is 16.1 Å². The molecule has 0 aromatic heterocycles. The van der Waals surface area contributed by atoms with Gasteiger partial charge in [0.05, 0.1) is 6.10 Å². The number of nitrogens with one attached hydrogen (secondary N) is 1. The fourth-order valence-corrected chi connectivity index (χ4v) is 1.86. The van der Waals surface area contributed by atoms with Crippen LogP contribution in [0.5, 0.6) is 5.75 Å². The minimum atomic E-state index is -0.373. The molecule has 20 heavy (non-hydrogen) atoms. The number of halogens is 1. The van der Waals surface area contributed by atoms with Crippen LogP contribution in [0.1, 0.15) is 32.8 Å². The van der Waals surface area contributed by atoms with Crippen molar-refractivity contribution in [1.29, 1.82) is 0 Å². The highest BCUT2D eigenvalue weighted by atomic mass is 35.5. The fraction of sp³-hybridized carbons (Fsp3) is 0.533. The Labute approximate surface area is 125 Å². The van der Waals surface area contributed by atoms with Crippen LogP contribution in [0.15, 0.2) is 18.2 Å². The van der Waals surface area contributed by atoms with Gasteiger partial charge in [-0.25, -0.2) is 4.79 Å². The maximum absolute atomic E-state index is 11.5. The van der Waals surface area contributed by atoms with Crippen LogP contribution >= 0.6 is 11.6 Å². The molecule has 0 heterocycles. The van der Waals surface area contributed by atoms with Gasteiger partial charge in [0.15, 0.2) is 6.61 Å². The molecule has 1 rings (SSSR count). The van der Waals surface area contributed by atoms with Crippen LogP contribution in [0.3, 0.4) is 0 Å². The van der Waals surface area contributed by atoms with E-state index in [9.17, 15) is 4.79 Å². The zero-order valence-corrected chi connectivity index (χ0v) is 13.0. The molecule has 112 valence electrons. The van der Waals surface area contributed by atoms with Gasteiger partial charge in [-0.3, -0.25) is 0 Å². The SMILES string of the molecule is CCCNCc1cc(Cl)ccc1OCC(=O)OC(C)C. The standard InChI is InChI=1S/C15H22ClNO3/c1-4-7-17-9-12-8-13(16)5-6-14(12)19-10-15(18)20-11(2)3/h5-6,8,11,17H,4,7,9-10H2,1-3H3. The minimum absolute atomic E-state index is 0.0966. The zero-order chi connectivity index (χ0) is 15.0. The highest BCUT2D eigenvalue weighted by Crippen LogP contribution is 2.23. The Morgan fingerprint density at radius 3 is 2.80 bits per heavy atom. The summed E-state index contributed by atoms with van der Waals surface area (Å²) in [7, 11) is 0. The van der Waals surface area contributed by atoms with E-state index in [0.29, 0.717) is 17.3 Å². The Hall–Kier alpha value is -1.26. The molecule has 1 aromatic rings. The van der Waals surface area contributed by atoms with Crippen molar-refractivity contribution in [2.75, 3.05) is 13.2 Å². The molecule has 0 unspecified atom stereocenters. The van der Waals surface area contributed by atoms with Crippen LogP contribution < -0.4 is 10.1 Å². The summed E-state index contributed by atoms with van der Waals surface area (Å²) in [5.41, 5.74) is 0.934. The van der Waals surface area contributed by atoms with Crippen LogP contribution in [0.4, 0.5) is 0 Å². The Bertz CT molecular complexity index is 435. The third kappa shape index (κ3) is 6.26. The predicted octanol–water partition coefficient (Wildman–Crippen LogP) is 3.17. The monoisotopic (exact) mass is 299 g/mol. The summed E-state index contributed by atoms with van der Waals surface area (Å²) in [5.74, 6) is 0.279. The molecular weight excluding hydrogens is 278 g/mol. The van der Waals surface area contributed by atoms with Crippen LogP contribution in [-0.4, -0.2) is 25.2 Å². The van der Waals surface area contributed by atoms with Crippen molar-refractivity contribution < 1.29 is 14.3 Å². The number of carbonyl (C=O) groups excluding carboxylic acids is 1. The second-order valence-corrected chi connectivity index (χ2v) is 5.19. The molecule has 0 atom stereocenters. The number of esters is 1. The summed E-state index contributed by atoms with van der Waals surface area (Å²) >= 11 is 5.99. The first-order valence-electron chi connectivity index (χ1n) is 6.84. The lowest BCUT2D eigenvalue weighted by Crippen LogP contribution is -2.20. The van der Waals surface area contributed by atoms with Crippen LogP contribution in [0.25, 0.3) is 0 Å². The van der Waals surface area contributed by atoms with Gasteiger partial charge < -0.3 is 14.8 Å². The first kappa shape index (κ1) is 16.8. The van der Waals surface area contributed by atoms with Crippen molar-refractivity contribution in [3.63, 3.8) is 0 Å². The summed E-state index contributed by atoms with van der Waals surface area (Å²) in [6.07, 6.45) is 0.916. The van der Waals surface area contributed by atoms with E-state index in [-0.39, 0.29) is 18.7 Å². The molecule has 0 aliphatic heterocycles. The lowest BCUT2D eigenvalue weighted by Gasteiger charge is -2.13. The number of hydrogen-bond acceptors (Lipinski definition) is 4. The van der Waals surface area contributed by atoms with Crippen molar-refractivity contribution in [3.05, 3.63) is 28.8 Å². The Balaban J connectivity index is 2.61. The van der Waals surface area contributed by atoms with Gasteiger partial charge in [-0.05, 0) is 45.0 Å². The Kier molecular flexibility index (Phi) is 7.41. The average molecular weight is 300 g/mol. The van der Waals surface area contributed by atoms with Crippen LogP contribution in [0, 0.1) is 0 Å². The topological polar surface area (TPSA) is 47.6 Å². The highest BCUT2D eigenvalue weighted by Gasteiger charge is 2.09.